The molecule has 0 amide bonds. The minimum Gasteiger partial charge on any atom is -0.487 e. The third-order valence-corrected chi connectivity index (χ3v) is 4.30. The van der Waals surface area contributed by atoms with Gasteiger partial charge in [-0.3, -0.25) is 0 Å². The van der Waals surface area contributed by atoms with Gasteiger partial charge in [-0.2, -0.15) is 0 Å². The molecule has 1 unspecified atom stereocenters. The lowest BCUT2D eigenvalue weighted by Gasteiger charge is -2.41. The minimum atomic E-state index is -0.232. The van der Waals surface area contributed by atoms with Crippen LogP contribution in [0.2, 0.25) is 0 Å². The molecule has 0 radical (unpaired) electrons. The van der Waals surface area contributed by atoms with E-state index in [0.717, 1.165) is 30.6 Å². The molecule has 1 atom stereocenters. The van der Waals surface area contributed by atoms with Crippen LogP contribution >= 0.6 is 0 Å². The van der Waals surface area contributed by atoms with Gasteiger partial charge >= 0.3 is 0 Å². The molecule has 3 heteroatoms. The van der Waals surface area contributed by atoms with Crippen LogP contribution in [-0.4, -0.2) is 5.60 Å². The van der Waals surface area contributed by atoms with Crippen LogP contribution in [-0.2, 0) is 0 Å². The predicted molar refractivity (Wildman–Crippen MR) is 69.0 cm³/mol. The fourth-order valence-corrected chi connectivity index (χ4v) is 3.37. The van der Waals surface area contributed by atoms with E-state index < -0.39 is 0 Å². The Morgan fingerprint density at radius 1 is 1.17 bits per heavy atom. The van der Waals surface area contributed by atoms with Crippen LogP contribution < -0.4 is 10.5 Å². The summed E-state index contributed by atoms with van der Waals surface area (Å²) in [7, 11) is 0. The summed E-state index contributed by atoms with van der Waals surface area (Å²) in [5.41, 5.74) is 6.95. The van der Waals surface area contributed by atoms with Gasteiger partial charge in [0.1, 0.15) is 17.2 Å². The second-order valence-electron chi connectivity index (χ2n) is 5.69. The van der Waals surface area contributed by atoms with Crippen molar-refractivity contribution in [2.75, 3.05) is 0 Å². The third kappa shape index (κ3) is 2.12. The van der Waals surface area contributed by atoms with Gasteiger partial charge in [-0.1, -0.05) is 12.8 Å². The summed E-state index contributed by atoms with van der Waals surface area (Å²) in [5.74, 6) is 0.557. The topological polar surface area (TPSA) is 35.2 Å². The molecule has 98 valence electrons. The van der Waals surface area contributed by atoms with Crippen molar-refractivity contribution in [3.8, 4) is 5.75 Å². The Hall–Kier alpha value is -1.09. The Morgan fingerprint density at radius 2 is 1.89 bits per heavy atom. The summed E-state index contributed by atoms with van der Waals surface area (Å²) in [4.78, 5) is 0. The van der Waals surface area contributed by atoms with Crippen molar-refractivity contribution < 1.29 is 9.13 Å². The molecule has 1 aliphatic heterocycles. The number of fused-ring (bicyclic) bond motifs is 1. The van der Waals surface area contributed by atoms with Gasteiger partial charge in [0, 0.05) is 18.0 Å². The molecular formula is C15H20FNO. The molecule has 0 aromatic heterocycles. The lowest BCUT2D eigenvalue weighted by molar-refractivity contribution is 0.0211. The summed E-state index contributed by atoms with van der Waals surface area (Å²) in [6.07, 6.45) is 7.98. The maximum absolute atomic E-state index is 13.3. The van der Waals surface area contributed by atoms with E-state index in [1.165, 1.54) is 37.8 Å². The molecule has 3 rings (SSSR count). The molecule has 2 N–H and O–H groups in total. The van der Waals surface area contributed by atoms with Crippen LogP contribution in [0.5, 0.6) is 5.75 Å². The molecular weight excluding hydrogens is 229 g/mol. The molecule has 1 spiro atoms. The largest absolute Gasteiger partial charge is 0.487 e. The van der Waals surface area contributed by atoms with Crippen LogP contribution in [0.3, 0.4) is 0 Å². The van der Waals surface area contributed by atoms with Crippen LogP contribution in [0, 0.1) is 5.82 Å². The van der Waals surface area contributed by atoms with Gasteiger partial charge in [0.15, 0.2) is 0 Å². The average Bonchev–Trinajstić information content (AvgIpc) is 2.56. The molecule has 2 aliphatic rings. The Morgan fingerprint density at radius 3 is 2.61 bits per heavy atom. The molecule has 18 heavy (non-hydrogen) atoms. The van der Waals surface area contributed by atoms with Crippen LogP contribution in [0.4, 0.5) is 4.39 Å². The molecule has 1 heterocycles. The summed E-state index contributed by atoms with van der Waals surface area (Å²) in [6, 6.07) is 4.61. The van der Waals surface area contributed by atoms with Crippen LogP contribution in [0.1, 0.15) is 56.6 Å². The highest BCUT2D eigenvalue weighted by Crippen LogP contribution is 2.44. The van der Waals surface area contributed by atoms with Crippen molar-refractivity contribution in [2.24, 2.45) is 5.73 Å². The van der Waals surface area contributed by atoms with Crippen molar-refractivity contribution in [2.45, 2.75) is 56.6 Å². The summed E-state index contributed by atoms with van der Waals surface area (Å²) < 4.78 is 19.5. The van der Waals surface area contributed by atoms with E-state index in [1.807, 2.05) is 0 Å². The Bertz CT molecular complexity index is 438. The van der Waals surface area contributed by atoms with E-state index in [1.54, 1.807) is 6.07 Å². The lowest BCUT2D eigenvalue weighted by atomic mass is 9.82. The predicted octanol–water partition coefficient (Wildman–Crippen LogP) is 3.70. The second-order valence-corrected chi connectivity index (χ2v) is 5.69. The van der Waals surface area contributed by atoms with Crippen molar-refractivity contribution >= 4 is 0 Å². The molecule has 1 aromatic rings. The number of hydrogen-bond acceptors (Lipinski definition) is 2. The van der Waals surface area contributed by atoms with Crippen molar-refractivity contribution in [3.05, 3.63) is 29.6 Å². The monoisotopic (exact) mass is 249 g/mol. The van der Waals surface area contributed by atoms with E-state index in [9.17, 15) is 4.39 Å². The highest BCUT2D eigenvalue weighted by molar-refractivity contribution is 5.39. The minimum absolute atomic E-state index is 0.0949. The van der Waals surface area contributed by atoms with Gasteiger partial charge in [0.05, 0.1) is 0 Å². The zero-order chi connectivity index (χ0) is 12.6. The molecule has 1 aliphatic carbocycles. The number of hydrogen-bond donors (Lipinski definition) is 1. The van der Waals surface area contributed by atoms with E-state index in [4.69, 9.17) is 10.5 Å². The highest BCUT2D eigenvalue weighted by atomic mass is 19.1. The number of benzene rings is 1. The van der Waals surface area contributed by atoms with Gasteiger partial charge in [-0.25, -0.2) is 4.39 Å². The van der Waals surface area contributed by atoms with Crippen molar-refractivity contribution in [1.29, 1.82) is 0 Å². The molecule has 1 saturated carbocycles. The Labute approximate surface area is 107 Å². The van der Waals surface area contributed by atoms with Gasteiger partial charge in [-0.05, 0) is 43.9 Å². The summed E-state index contributed by atoms with van der Waals surface area (Å²) >= 11 is 0. The zero-order valence-electron chi connectivity index (χ0n) is 10.6. The van der Waals surface area contributed by atoms with Crippen LogP contribution in [0.25, 0.3) is 0 Å². The van der Waals surface area contributed by atoms with Gasteiger partial charge in [-0.15, -0.1) is 0 Å². The first-order chi connectivity index (χ1) is 8.69. The number of rotatable bonds is 0. The first kappa shape index (κ1) is 12.0. The zero-order valence-corrected chi connectivity index (χ0v) is 10.6. The fourth-order valence-electron chi connectivity index (χ4n) is 3.37. The van der Waals surface area contributed by atoms with Gasteiger partial charge < -0.3 is 10.5 Å². The standard InChI is InChI=1S/C15H20FNO/c16-11-5-6-14-12(9-11)13(17)10-15(18-14)7-3-1-2-4-8-15/h5-6,9,13H,1-4,7-8,10,17H2. The molecule has 0 bridgehead atoms. The lowest BCUT2D eigenvalue weighted by Crippen LogP contribution is -2.42. The molecule has 1 aromatic carbocycles. The number of halogens is 1. The maximum atomic E-state index is 13.3. The fraction of sp³-hybridized carbons (Fsp3) is 0.600. The number of ether oxygens (including phenoxy) is 1. The Kier molecular flexibility index (Phi) is 3.02. The van der Waals surface area contributed by atoms with Gasteiger partial charge in [0.2, 0.25) is 0 Å². The smallest absolute Gasteiger partial charge is 0.125 e. The molecule has 2 nitrogen and oxygen atoms in total. The quantitative estimate of drug-likeness (QED) is 0.761. The summed E-state index contributed by atoms with van der Waals surface area (Å²) in [5, 5.41) is 0. The van der Waals surface area contributed by atoms with E-state index >= 15 is 0 Å². The first-order valence-corrected chi connectivity index (χ1v) is 6.93. The third-order valence-electron chi connectivity index (χ3n) is 4.30. The Balaban J connectivity index is 1.92. The normalized spacial score (nSPS) is 26.2. The van der Waals surface area contributed by atoms with E-state index in [2.05, 4.69) is 0 Å². The van der Waals surface area contributed by atoms with E-state index in [0.29, 0.717) is 0 Å². The highest BCUT2D eigenvalue weighted by Gasteiger charge is 2.39. The molecule has 0 saturated heterocycles. The van der Waals surface area contributed by atoms with Crippen LogP contribution in [0.15, 0.2) is 18.2 Å². The van der Waals surface area contributed by atoms with E-state index in [-0.39, 0.29) is 17.5 Å². The first-order valence-electron chi connectivity index (χ1n) is 6.93. The summed E-state index contributed by atoms with van der Waals surface area (Å²) in [6.45, 7) is 0. The van der Waals surface area contributed by atoms with Gasteiger partial charge in [0.25, 0.3) is 0 Å². The van der Waals surface area contributed by atoms with Crippen molar-refractivity contribution in [3.63, 3.8) is 0 Å². The maximum Gasteiger partial charge on any atom is 0.125 e. The SMILES string of the molecule is NC1CC2(CCCCCC2)Oc2ccc(F)cc21. The molecule has 1 fully saturated rings. The number of nitrogens with two attached hydrogens (primary N) is 1. The average molecular weight is 249 g/mol. The second kappa shape index (κ2) is 4.54. The van der Waals surface area contributed by atoms with Crippen molar-refractivity contribution in [1.82, 2.24) is 0 Å².